The molecular weight excluding hydrogens is 118 g/mol. The molecule has 0 saturated heterocycles. The number of thiocarbonyl (C=S) groups is 1. The van der Waals surface area contributed by atoms with E-state index in [2.05, 4.69) is 6.08 Å². The summed E-state index contributed by atoms with van der Waals surface area (Å²) in [6, 6.07) is 0. The average molecular weight is 124 g/mol. The zero-order valence-electron chi connectivity index (χ0n) is 4.35. The summed E-state index contributed by atoms with van der Waals surface area (Å²) in [7, 11) is 0. The van der Waals surface area contributed by atoms with Gasteiger partial charge in [0.05, 0.1) is 5.70 Å². The molecule has 0 fully saturated rings. The number of hydrogen-bond acceptors (Lipinski definition) is 2. The molecule has 1 aliphatic rings. The van der Waals surface area contributed by atoms with Crippen molar-refractivity contribution in [1.82, 2.24) is 0 Å². The summed E-state index contributed by atoms with van der Waals surface area (Å²) < 4.78 is 0. The zero-order valence-corrected chi connectivity index (χ0v) is 5.16. The van der Waals surface area contributed by atoms with Gasteiger partial charge in [-0.15, -0.1) is 0 Å². The molecule has 0 heterocycles. The quantitative estimate of drug-likeness (QED) is 0.487. The Hall–Kier alpha value is -0.630. The maximum absolute atomic E-state index is 5.39. The molecule has 0 amide bonds. The lowest BCUT2D eigenvalue weighted by molar-refractivity contribution is 1.36. The molecule has 2 N–H and O–H groups in total. The van der Waals surface area contributed by atoms with Gasteiger partial charge in [0.2, 0.25) is 0 Å². The number of hydrogen-bond donors (Lipinski definition) is 1. The minimum atomic E-state index is 0.613. The Labute approximate surface area is 53.9 Å². The largest absolute Gasteiger partial charge is 0.397 e. The van der Waals surface area contributed by atoms with Gasteiger partial charge in [0.15, 0.2) is 0 Å². The van der Waals surface area contributed by atoms with Gasteiger partial charge in [-0.25, -0.2) is 0 Å². The Kier molecular flexibility index (Phi) is 1.44. The second-order valence-corrected chi connectivity index (χ2v) is 2.08. The third-order valence-electron chi connectivity index (χ3n) is 0.960. The Bertz CT molecular complexity index is 167. The van der Waals surface area contributed by atoms with Gasteiger partial charge in [-0.2, -0.15) is 0 Å². The van der Waals surface area contributed by atoms with Crippen molar-refractivity contribution in [1.29, 1.82) is 0 Å². The topological polar surface area (TPSA) is 26.0 Å². The fourth-order valence-electron chi connectivity index (χ4n) is 0.505. The normalized spacial score (nSPS) is 18.5. The first kappa shape index (κ1) is 5.51. The third-order valence-corrected chi connectivity index (χ3v) is 1.35. The summed E-state index contributed by atoms with van der Waals surface area (Å²) in [5, 5.41) is 0. The molecule has 0 aromatic carbocycles. The fraction of sp³-hybridized carbons (Fsp3) is 0.167. The van der Waals surface area contributed by atoms with Crippen LogP contribution < -0.4 is 5.73 Å². The van der Waals surface area contributed by atoms with Crippen LogP contribution in [0.4, 0.5) is 0 Å². The molecule has 1 aliphatic carbocycles. The summed E-state index contributed by atoms with van der Waals surface area (Å²) in [6.45, 7) is 0. The van der Waals surface area contributed by atoms with Crippen LogP contribution in [0.2, 0.25) is 0 Å². The molecule has 1 nitrogen and oxygen atoms in total. The molecule has 8 heavy (non-hydrogen) atoms. The van der Waals surface area contributed by atoms with Crippen LogP contribution in [0.25, 0.3) is 0 Å². The fourth-order valence-corrected chi connectivity index (χ4v) is 0.660. The summed E-state index contributed by atoms with van der Waals surface area (Å²) in [5.41, 5.74) is 6.00. The molecule has 0 unspecified atom stereocenters. The van der Waals surface area contributed by atoms with Crippen LogP contribution in [-0.4, -0.2) is 4.86 Å². The van der Waals surface area contributed by atoms with E-state index in [1.807, 2.05) is 6.08 Å². The van der Waals surface area contributed by atoms with Gasteiger partial charge >= 0.3 is 0 Å². The van der Waals surface area contributed by atoms with Crippen molar-refractivity contribution < 1.29 is 0 Å². The van der Waals surface area contributed by atoms with Crippen LogP contribution >= 0.6 is 12.2 Å². The third kappa shape index (κ3) is 0.954. The molecule has 0 aliphatic heterocycles. The van der Waals surface area contributed by atoms with Gasteiger partial charge in [-0.1, -0.05) is 24.4 Å². The highest BCUT2D eigenvalue weighted by molar-refractivity contribution is 7.80. The van der Waals surface area contributed by atoms with Gasteiger partial charge in [0.25, 0.3) is 0 Å². The summed E-state index contributed by atoms with van der Waals surface area (Å²) in [5.74, 6) is 0. The highest BCUT2D eigenvalue weighted by Gasteiger charge is 1.99. The van der Waals surface area contributed by atoms with E-state index in [-0.39, 0.29) is 0 Å². The first-order valence-corrected chi connectivity index (χ1v) is 2.78. The molecule has 1 rings (SSSR count). The van der Waals surface area contributed by atoms with Crippen molar-refractivity contribution in [2.45, 2.75) is 6.42 Å². The highest BCUT2D eigenvalue weighted by Crippen LogP contribution is 2.02. The molecule has 2 heteroatoms. The second-order valence-electron chi connectivity index (χ2n) is 1.59. The lowest BCUT2D eigenvalue weighted by atomic mass is 10.1. The SMILES string of the molecule is NC1=[C]C=CCC1=S. The number of nitrogens with two attached hydrogens (primary N) is 1. The molecule has 0 aromatic heterocycles. The van der Waals surface area contributed by atoms with E-state index in [0.29, 0.717) is 5.70 Å². The van der Waals surface area contributed by atoms with Crippen LogP contribution in [0.3, 0.4) is 0 Å². The monoisotopic (exact) mass is 124 g/mol. The number of rotatable bonds is 0. The van der Waals surface area contributed by atoms with Crippen LogP contribution in [0.1, 0.15) is 6.42 Å². The van der Waals surface area contributed by atoms with Crippen molar-refractivity contribution in [2.75, 3.05) is 0 Å². The maximum atomic E-state index is 5.39. The van der Waals surface area contributed by atoms with Crippen molar-refractivity contribution in [2.24, 2.45) is 5.73 Å². The van der Waals surface area contributed by atoms with Crippen LogP contribution in [0.5, 0.6) is 0 Å². The van der Waals surface area contributed by atoms with E-state index >= 15 is 0 Å². The first-order valence-electron chi connectivity index (χ1n) is 2.38. The summed E-state index contributed by atoms with van der Waals surface area (Å²) in [6.07, 6.45) is 7.34. The molecule has 0 atom stereocenters. The number of allylic oxidation sites excluding steroid dienone is 4. The Balaban J connectivity index is 2.80. The van der Waals surface area contributed by atoms with Crippen LogP contribution in [0, 0.1) is 6.08 Å². The minimum absolute atomic E-state index is 0.613. The minimum Gasteiger partial charge on any atom is -0.397 e. The first-order chi connectivity index (χ1) is 3.80. The van der Waals surface area contributed by atoms with Crippen LogP contribution in [-0.2, 0) is 0 Å². The van der Waals surface area contributed by atoms with Gasteiger partial charge < -0.3 is 5.73 Å². The van der Waals surface area contributed by atoms with Gasteiger partial charge in [-0.05, 0) is 0 Å². The van der Waals surface area contributed by atoms with Crippen LogP contribution in [0.15, 0.2) is 17.8 Å². The van der Waals surface area contributed by atoms with E-state index in [1.54, 1.807) is 6.08 Å². The van der Waals surface area contributed by atoms with Crippen molar-refractivity contribution in [3.63, 3.8) is 0 Å². The smallest absolute Gasteiger partial charge is 0.0539 e. The molecule has 0 spiro atoms. The van der Waals surface area contributed by atoms with E-state index < -0.39 is 0 Å². The van der Waals surface area contributed by atoms with Crippen molar-refractivity contribution in [3.05, 3.63) is 23.9 Å². The summed E-state index contributed by atoms with van der Waals surface area (Å²) >= 11 is 4.85. The van der Waals surface area contributed by atoms with Gasteiger partial charge in [-0.3, -0.25) is 0 Å². The molecule has 0 aromatic rings. The molecule has 0 saturated carbocycles. The van der Waals surface area contributed by atoms with Crippen molar-refractivity contribution in [3.8, 4) is 0 Å². The molecular formula is C6H6NS. The molecule has 0 bridgehead atoms. The van der Waals surface area contributed by atoms with Gasteiger partial charge in [0, 0.05) is 17.4 Å². The Morgan fingerprint density at radius 2 is 2.50 bits per heavy atom. The van der Waals surface area contributed by atoms with Crippen molar-refractivity contribution >= 4 is 17.1 Å². The predicted octanol–water partition coefficient (Wildman–Crippen LogP) is 0.962. The highest BCUT2D eigenvalue weighted by atomic mass is 32.1. The average Bonchev–Trinajstić information content (AvgIpc) is 1.77. The lowest BCUT2D eigenvalue weighted by Gasteiger charge is -2.01. The second kappa shape index (κ2) is 2.09. The van der Waals surface area contributed by atoms with E-state index in [4.69, 9.17) is 18.0 Å². The maximum Gasteiger partial charge on any atom is 0.0539 e. The predicted molar refractivity (Wildman–Crippen MR) is 37.3 cm³/mol. The van der Waals surface area contributed by atoms with E-state index in [1.165, 1.54) is 0 Å². The summed E-state index contributed by atoms with van der Waals surface area (Å²) in [4.78, 5) is 0.799. The Morgan fingerprint density at radius 1 is 1.75 bits per heavy atom. The van der Waals surface area contributed by atoms with E-state index in [9.17, 15) is 0 Å². The van der Waals surface area contributed by atoms with Gasteiger partial charge in [0.1, 0.15) is 0 Å². The van der Waals surface area contributed by atoms with E-state index in [0.717, 1.165) is 11.3 Å². The molecule has 41 valence electrons. The Morgan fingerprint density at radius 3 is 2.88 bits per heavy atom. The standard InChI is InChI=1S/C6H6NS/c7-5-3-1-2-4-6(5)8/h1-2H,4,7H2. The molecule has 1 radical (unpaired) electrons. The zero-order chi connectivity index (χ0) is 5.98. The lowest BCUT2D eigenvalue weighted by Crippen LogP contribution is -2.09.